The van der Waals surface area contributed by atoms with Crippen molar-refractivity contribution in [2.75, 3.05) is 13.2 Å². The molecule has 2 heterocycles. The van der Waals surface area contributed by atoms with Gasteiger partial charge in [-0.05, 0) is 23.5 Å². The summed E-state index contributed by atoms with van der Waals surface area (Å²) in [6.45, 7) is 9.89. The standard InChI is InChI=1S/C13H19NO2/c1-8(2)10-7-11-13(16-6-5-15-11)14-12(10)9(3)4/h7-9H,5-6H2,1-4H3. The molecule has 0 aliphatic carbocycles. The zero-order valence-corrected chi connectivity index (χ0v) is 10.4. The molecule has 0 spiro atoms. The van der Waals surface area contributed by atoms with Gasteiger partial charge in [0.15, 0.2) is 5.75 Å². The van der Waals surface area contributed by atoms with Crippen molar-refractivity contribution >= 4 is 0 Å². The molecule has 1 aliphatic rings. The third-order valence-corrected chi connectivity index (χ3v) is 2.76. The van der Waals surface area contributed by atoms with Gasteiger partial charge in [-0.1, -0.05) is 27.7 Å². The Kier molecular flexibility index (Phi) is 3.03. The van der Waals surface area contributed by atoms with Crippen LogP contribution in [0.15, 0.2) is 6.07 Å². The molecule has 0 saturated carbocycles. The van der Waals surface area contributed by atoms with Gasteiger partial charge in [-0.25, -0.2) is 4.98 Å². The molecular weight excluding hydrogens is 202 g/mol. The van der Waals surface area contributed by atoms with Crippen LogP contribution in [0.25, 0.3) is 0 Å². The second-order valence-corrected chi connectivity index (χ2v) is 4.77. The smallest absolute Gasteiger partial charge is 0.257 e. The van der Waals surface area contributed by atoms with Crippen LogP contribution in [0.1, 0.15) is 50.8 Å². The number of rotatable bonds is 2. The van der Waals surface area contributed by atoms with E-state index in [-0.39, 0.29) is 0 Å². The first kappa shape index (κ1) is 11.2. The van der Waals surface area contributed by atoms with Crippen LogP contribution >= 0.6 is 0 Å². The number of hydrogen-bond acceptors (Lipinski definition) is 3. The summed E-state index contributed by atoms with van der Waals surface area (Å²) in [5.41, 5.74) is 2.39. The van der Waals surface area contributed by atoms with Crippen molar-refractivity contribution in [3.05, 3.63) is 17.3 Å². The van der Waals surface area contributed by atoms with E-state index in [4.69, 9.17) is 9.47 Å². The molecule has 0 atom stereocenters. The molecular formula is C13H19NO2. The first-order valence-corrected chi connectivity index (χ1v) is 5.90. The summed E-state index contributed by atoms with van der Waals surface area (Å²) in [7, 11) is 0. The molecule has 3 heteroatoms. The second-order valence-electron chi connectivity index (χ2n) is 4.77. The van der Waals surface area contributed by atoms with Crippen LogP contribution < -0.4 is 9.47 Å². The molecule has 0 N–H and O–H groups in total. The average Bonchev–Trinajstić information content (AvgIpc) is 2.27. The molecule has 0 bridgehead atoms. The fourth-order valence-electron chi connectivity index (χ4n) is 1.93. The van der Waals surface area contributed by atoms with Crippen LogP contribution in [0.2, 0.25) is 0 Å². The van der Waals surface area contributed by atoms with Crippen LogP contribution in [-0.2, 0) is 0 Å². The van der Waals surface area contributed by atoms with E-state index in [1.165, 1.54) is 5.56 Å². The topological polar surface area (TPSA) is 31.4 Å². The second kappa shape index (κ2) is 4.32. The summed E-state index contributed by atoms with van der Waals surface area (Å²) in [5.74, 6) is 2.31. The maximum atomic E-state index is 5.56. The van der Waals surface area contributed by atoms with Crippen molar-refractivity contribution in [3.8, 4) is 11.6 Å². The SMILES string of the molecule is CC(C)c1cc2c(nc1C(C)C)OCCO2. The van der Waals surface area contributed by atoms with Crippen LogP contribution in [0, 0.1) is 0 Å². The predicted molar refractivity (Wildman–Crippen MR) is 63.4 cm³/mol. The quantitative estimate of drug-likeness (QED) is 0.769. The highest BCUT2D eigenvalue weighted by atomic mass is 16.6. The predicted octanol–water partition coefficient (Wildman–Crippen LogP) is 3.10. The lowest BCUT2D eigenvalue weighted by Gasteiger charge is -2.22. The monoisotopic (exact) mass is 221 g/mol. The van der Waals surface area contributed by atoms with Gasteiger partial charge < -0.3 is 9.47 Å². The summed E-state index contributed by atoms with van der Waals surface area (Å²) in [6.07, 6.45) is 0. The molecule has 3 nitrogen and oxygen atoms in total. The Balaban J connectivity index is 2.50. The third kappa shape index (κ3) is 1.99. The van der Waals surface area contributed by atoms with E-state index in [0.717, 1.165) is 11.4 Å². The van der Waals surface area contributed by atoms with Gasteiger partial charge in [-0.2, -0.15) is 0 Å². The minimum atomic E-state index is 0.410. The van der Waals surface area contributed by atoms with Crippen molar-refractivity contribution in [1.29, 1.82) is 0 Å². The molecule has 0 unspecified atom stereocenters. The van der Waals surface area contributed by atoms with E-state index in [1.807, 2.05) is 0 Å². The van der Waals surface area contributed by atoms with Crippen LogP contribution in [0.4, 0.5) is 0 Å². The minimum absolute atomic E-state index is 0.410. The average molecular weight is 221 g/mol. The Morgan fingerprint density at radius 1 is 1.06 bits per heavy atom. The number of pyridine rings is 1. The van der Waals surface area contributed by atoms with E-state index in [1.54, 1.807) is 0 Å². The highest BCUT2D eigenvalue weighted by molar-refractivity contribution is 5.42. The molecule has 1 aromatic heterocycles. The Morgan fingerprint density at radius 3 is 2.38 bits per heavy atom. The lowest BCUT2D eigenvalue weighted by Crippen LogP contribution is -2.18. The summed E-state index contributed by atoms with van der Waals surface area (Å²) in [5, 5.41) is 0. The molecule has 1 aromatic rings. The maximum absolute atomic E-state index is 5.56. The van der Waals surface area contributed by atoms with E-state index >= 15 is 0 Å². The van der Waals surface area contributed by atoms with Gasteiger partial charge in [-0.3, -0.25) is 0 Å². The van der Waals surface area contributed by atoms with Gasteiger partial charge in [0.1, 0.15) is 13.2 Å². The minimum Gasteiger partial charge on any atom is -0.484 e. The number of nitrogens with zero attached hydrogens (tertiary/aromatic N) is 1. The van der Waals surface area contributed by atoms with E-state index in [0.29, 0.717) is 30.9 Å². The van der Waals surface area contributed by atoms with E-state index in [9.17, 15) is 0 Å². The molecule has 1 aliphatic heterocycles. The van der Waals surface area contributed by atoms with Crippen molar-refractivity contribution in [3.63, 3.8) is 0 Å². The Hall–Kier alpha value is -1.25. The molecule has 88 valence electrons. The van der Waals surface area contributed by atoms with Crippen LogP contribution in [0.5, 0.6) is 11.6 Å². The van der Waals surface area contributed by atoms with Gasteiger partial charge in [-0.15, -0.1) is 0 Å². The Bertz CT molecular complexity index is 349. The number of aromatic nitrogens is 1. The summed E-state index contributed by atoms with van der Waals surface area (Å²) >= 11 is 0. The zero-order chi connectivity index (χ0) is 11.7. The normalized spacial score (nSPS) is 14.6. The van der Waals surface area contributed by atoms with Crippen molar-refractivity contribution < 1.29 is 9.47 Å². The molecule has 0 fully saturated rings. The lowest BCUT2D eigenvalue weighted by molar-refractivity contribution is 0.163. The molecule has 0 aromatic carbocycles. The highest BCUT2D eigenvalue weighted by Crippen LogP contribution is 2.35. The number of hydrogen-bond donors (Lipinski definition) is 0. The number of ether oxygens (including phenoxy) is 2. The van der Waals surface area contributed by atoms with Crippen LogP contribution in [0.3, 0.4) is 0 Å². The van der Waals surface area contributed by atoms with Crippen molar-refractivity contribution in [2.24, 2.45) is 0 Å². The fraction of sp³-hybridized carbons (Fsp3) is 0.615. The van der Waals surface area contributed by atoms with Gasteiger partial charge >= 0.3 is 0 Å². The Morgan fingerprint density at radius 2 is 1.75 bits per heavy atom. The van der Waals surface area contributed by atoms with Crippen LogP contribution in [-0.4, -0.2) is 18.2 Å². The van der Waals surface area contributed by atoms with E-state index < -0.39 is 0 Å². The van der Waals surface area contributed by atoms with Crippen molar-refractivity contribution in [2.45, 2.75) is 39.5 Å². The molecule has 0 amide bonds. The maximum Gasteiger partial charge on any atom is 0.257 e. The first-order valence-electron chi connectivity index (χ1n) is 5.90. The van der Waals surface area contributed by atoms with Gasteiger partial charge in [0.05, 0.1) is 5.69 Å². The molecule has 16 heavy (non-hydrogen) atoms. The van der Waals surface area contributed by atoms with Crippen molar-refractivity contribution in [1.82, 2.24) is 4.98 Å². The third-order valence-electron chi connectivity index (χ3n) is 2.76. The zero-order valence-electron chi connectivity index (χ0n) is 10.4. The molecule has 0 saturated heterocycles. The van der Waals surface area contributed by atoms with Gasteiger partial charge in [0.2, 0.25) is 0 Å². The largest absolute Gasteiger partial charge is 0.484 e. The van der Waals surface area contributed by atoms with E-state index in [2.05, 4.69) is 38.7 Å². The summed E-state index contributed by atoms with van der Waals surface area (Å²) < 4.78 is 11.1. The molecule has 2 rings (SSSR count). The van der Waals surface area contributed by atoms with Gasteiger partial charge in [0, 0.05) is 0 Å². The fourth-order valence-corrected chi connectivity index (χ4v) is 1.93. The highest BCUT2D eigenvalue weighted by Gasteiger charge is 2.20. The summed E-state index contributed by atoms with van der Waals surface area (Å²) in [6, 6.07) is 2.08. The van der Waals surface area contributed by atoms with Gasteiger partial charge in [0.25, 0.3) is 5.88 Å². The Labute approximate surface area is 96.8 Å². The summed E-state index contributed by atoms with van der Waals surface area (Å²) in [4.78, 5) is 4.59. The lowest BCUT2D eigenvalue weighted by atomic mass is 9.95. The first-order chi connectivity index (χ1) is 7.59. The number of fused-ring (bicyclic) bond motifs is 1. The molecule has 0 radical (unpaired) electrons.